The first-order chi connectivity index (χ1) is 3.72. The maximum Gasteiger partial charge on any atom is 0.302 e. The molecule has 0 amide bonds. The van der Waals surface area contributed by atoms with Crippen molar-refractivity contribution in [3.63, 3.8) is 0 Å². The second-order valence-electron chi connectivity index (χ2n) is 1.49. The predicted molar refractivity (Wildman–Crippen MR) is 26.0 cm³/mol. The van der Waals surface area contributed by atoms with Crippen LogP contribution in [-0.4, -0.2) is 9.78 Å². The van der Waals surface area contributed by atoms with Crippen LogP contribution in [0.4, 0.5) is 4.39 Å². The summed E-state index contributed by atoms with van der Waals surface area (Å²) < 4.78 is 13.0. The van der Waals surface area contributed by atoms with Crippen LogP contribution < -0.4 is 5.56 Å². The molecule has 0 saturated carbocycles. The molecule has 3 nitrogen and oxygen atoms in total. The minimum Gasteiger partial charge on any atom is -0.300 e. The number of halogens is 1. The zero-order valence-electron chi connectivity index (χ0n) is 4.31. The van der Waals surface area contributed by atoms with E-state index in [1.807, 2.05) is 0 Å². The molecule has 1 N–H and O–H groups in total. The largest absolute Gasteiger partial charge is 0.302 e. The fourth-order valence-electron chi connectivity index (χ4n) is 0.434. The molecule has 0 aliphatic rings. The third-order valence-corrected chi connectivity index (χ3v) is 0.894. The molecule has 0 unspecified atom stereocenters. The quantitative estimate of drug-likeness (QED) is 0.503. The Labute approximate surface area is 44.7 Å². The van der Waals surface area contributed by atoms with Crippen molar-refractivity contribution in [3.8, 4) is 0 Å². The Hall–Kier alpha value is -1.06. The van der Waals surface area contributed by atoms with E-state index < -0.39 is 11.4 Å². The summed E-state index contributed by atoms with van der Waals surface area (Å²) in [6.07, 6.45) is 1.02. The van der Waals surface area contributed by atoms with Crippen LogP contribution in [-0.2, 0) is 7.05 Å². The summed E-state index contributed by atoms with van der Waals surface area (Å²) in [5, 5.41) is 2.37. The number of hydrogen-bond donors (Lipinski definition) is 1. The second-order valence-corrected chi connectivity index (χ2v) is 1.49. The molecule has 0 fully saturated rings. The standard InChI is InChI=1S/C4H5FN2O/c1-7-4(8)3(5)2-6-7/h2,6H,1H3. The minimum absolute atomic E-state index is 0.620. The molecule has 0 bridgehead atoms. The monoisotopic (exact) mass is 116 g/mol. The van der Waals surface area contributed by atoms with Crippen LogP contribution in [0, 0.1) is 5.82 Å². The molecule has 1 aromatic rings. The Morgan fingerprint density at radius 3 is 2.62 bits per heavy atom. The molecule has 1 heterocycles. The van der Waals surface area contributed by atoms with Crippen LogP contribution in [0.1, 0.15) is 0 Å². The number of nitrogens with one attached hydrogen (secondary N) is 1. The van der Waals surface area contributed by atoms with Gasteiger partial charge >= 0.3 is 5.56 Å². The molecule has 0 aliphatic carbocycles. The summed E-state index contributed by atoms with van der Waals surface area (Å²) in [5.74, 6) is -0.743. The van der Waals surface area contributed by atoms with E-state index in [0.717, 1.165) is 10.9 Å². The van der Waals surface area contributed by atoms with Gasteiger partial charge in [-0.15, -0.1) is 0 Å². The van der Waals surface area contributed by atoms with Gasteiger partial charge in [-0.2, -0.15) is 4.39 Å². The van der Waals surface area contributed by atoms with Gasteiger partial charge in [-0.25, -0.2) is 0 Å². The van der Waals surface area contributed by atoms with E-state index in [9.17, 15) is 9.18 Å². The normalized spacial score (nSPS) is 9.75. The lowest BCUT2D eigenvalue weighted by Gasteiger charge is -1.79. The summed E-state index contributed by atoms with van der Waals surface area (Å²) in [4.78, 5) is 10.3. The van der Waals surface area contributed by atoms with Gasteiger partial charge in [-0.3, -0.25) is 9.48 Å². The number of aryl methyl sites for hydroxylation is 1. The van der Waals surface area contributed by atoms with Gasteiger partial charge in [0.2, 0.25) is 5.82 Å². The van der Waals surface area contributed by atoms with E-state index in [2.05, 4.69) is 5.10 Å². The average molecular weight is 116 g/mol. The van der Waals surface area contributed by atoms with Gasteiger partial charge in [0.1, 0.15) is 0 Å². The van der Waals surface area contributed by atoms with E-state index in [4.69, 9.17) is 0 Å². The Morgan fingerprint density at radius 2 is 2.50 bits per heavy atom. The van der Waals surface area contributed by atoms with Crippen LogP contribution in [0.25, 0.3) is 0 Å². The van der Waals surface area contributed by atoms with Crippen LogP contribution in [0.5, 0.6) is 0 Å². The predicted octanol–water partition coefficient (Wildman–Crippen LogP) is -0.148. The number of rotatable bonds is 0. The fourth-order valence-corrected chi connectivity index (χ4v) is 0.434. The van der Waals surface area contributed by atoms with Gasteiger partial charge in [-0.1, -0.05) is 0 Å². The molecule has 0 aliphatic heterocycles. The van der Waals surface area contributed by atoms with Gasteiger partial charge in [-0.05, 0) is 0 Å². The van der Waals surface area contributed by atoms with E-state index >= 15 is 0 Å². The molecule has 0 aromatic carbocycles. The van der Waals surface area contributed by atoms with E-state index in [1.54, 1.807) is 0 Å². The van der Waals surface area contributed by atoms with E-state index in [-0.39, 0.29) is 0 Å². The molecular weight excluding hydrogens is 111 g/mol. The smallest absolute Gasteiger partial charge is 0.300 e. The molecule has 0 saturated heterocycles. The van der Waals surface area contributed by atoms with Gasteiger partial charge < -0.3 is 5.10 Å². The highest BCUT2D eigenvalue weighted by Gasteiger charge is 1.97. The Bertz CT molecular complexity index is 214. The molecule has 4 heteroatoms. The average Bonchev–Trinajstić information content (AvgIpc) is 1.98. The third-order valence-electron chi connectivity index (χ3n) is 0.894. The van der Waals surface area contributed by atoms with Gasteiger partial charge in [0.05, 0.1) is 6.20 Å². The second kappa shape index (κ2) is 1.47. The molecule has 8 heavy (non-hydrogen) atoms. The Kier molecular flexibility index (Phi) is 0.932. The lowest BCUT2D eigenvalue weighted by molar-refractivity contribution is 0.609. The number of hydrogen-bond acceptors (Lipinski definition) is 1. The van der Waals surface area contributed by atoms with Crippen LogP contribution in [0.15, 0.2) is 11.0 Å². The lowest BCUT2D eigenvalue weighted by atomic mass is 10.7. The molecule has 0 atom stereocenters. The summed E-state index contributed by atoms with van der Waals surface area (Å²) >= 11 is 0. The van der Waals surface area contributed by atoms with E-state index in [0.29, 0.717) is 0 Å². The molecular formula is C4H5FN2O. The maximum atomic E-state index is 12.0. The van der Waals surface area contributed by atoms with Crippen LogP contribution >= 0.6 is 0 Å². The minimum atomic E-state index is -0.743. The van der Waals surface area contributed by atoms with Crippen molar-refractivity contribution in [1.82, 2.24) is 9.78 Å². The highest BCUT2D eigenvalue weighted by atomic mass is 19.1. The van der Waals surface area contributed by atoms with Crippen molar-refractivity contribution in [3.05, 3.63) is 22.4 Å². The Morgan fingerprint density at radius 1 is 1.88 bits per heavy atom. The van der Waals surface area contributed by atoms with Crippen molar-refractivity contribution < 1.29 is 4.39 Å². The highest BCUT2D eigenvalue weighted by Crippen LogP contribution is 1.79. The number of aromatic amines is 1. The maximum absolute atomic E-state index is 12.0. The Balaban J connectivity index is 3.42. The number of nitrogens with zero attached hydrogens (tertiary/aromatic N) is 1. The molecule has 0 spiro atoms. The molecule has 1 rings (SSSR count). The van der Waals surface area contributed by atoms with E-state index in [1.165, 1.54) is 7.05 Å². The number of H-pyrrole nitrogens is 1. The van der Waals surface area contributed by atoms with Crippen LogP contribution in [0.3, 0.4) is 0 Å². The van der Waals surface area contributed by atoms with Gasteiger partial charge in [0.25, 0.3) is 0 Å². The fraction of sp³-hybridized carbons (Fsp3) is 0.250. The summed E-state index contributed by atoms with van der Waals surface area (Å²) in [6.45, 7) is 0. The summed E-state index contributed by atoms with van der Waals surface area (Å²) in [7, 11) is 1.45. The zero-order valence-corrected chi connectivity index (χ0v) is 4.31. The zero-order chi connectivity index (χ0) is 6.15. The topological polar surface area (TPSA) is 37.8 Å². The summed E-state index contributed by atoms with van der Waals surface area (Å²) in [5.41, 5.74) is -0.620. The summed E-state index contributed by atoms with van der Waals surface area (Å²) in [6, 6.07) is 0. The SMILES string of the molecule is Cn1[nH]cc(F)c1=O. The highest BCUT2D eigenvalue weighted by molar-refractivity contribution is 4.84. The van der Waals surface area contributed by atoms with Gasteiger partial charge in [0, 0.05) is 7.05 Å². The first kappa shape index (κ1) is 5.08. The molecule has 1 aromatic heterocycles. The third kappa shape index (κ3) is 0.538. The molecule has 0 radical (unpaired) electrons. The van der Waals surface area contributed by atoms with Crippen molar-refractivity contribution in [1.29, 1.82) is 0 Å². The molecule has 44 valence electrons. The lowest BCUT2D eigenvalue weighted by Crippen LogP contribution is -2.13. The van der Waals surface area contributed by atoms with Crippen molar-refractivity contribution in [2.24, 2.45) is 7.05 Å². The van der Waals surface area contributed by atoms with Crippen LogP contribution in [0.2, 0.25) is 0 Å². The first-order valence-electron chi connectivity index (χ1n) is 2.11. The van der Waals surface area contributed by atoms with Crippen molar-refractivity contribution in [2.75, 3.05) is 0 Å². The van der Waals surface area contributed by atoms with Crippen molar-refractivity contribution >= 4 is 0 Å². The van der Waals surface area contributed by atoms with Crippen molar-refractivity contribution in [2.45, 2.75) is 0 Å². The first-order valence-corrected chi connectivity index (χ1v) is 2.11. The number of aromatic nitrogens is 2. The van der Waals surface area contributed by atoms with Gasteiger partial charge in [0.15, 0.2) is 0 Å².